The van der Waals surface area contributed by atoms with Gasteiger partial charge in [-0.3, -0.25) is 4.79 Å². The van der Waals surface area contributed by atoms with Crippen LogP contribution in [0.25, 0.3) is 0 Å². The first-order chi connectivity index (χ1) is 9.62. The first-order valence-corrected chi connectivity index (χ1v) is 7.41. The summed E-state index contributed by atoms with van der Waals surface area (Å²) in [4.78, 5) is 11.9. The number of nitrogens with zero attached hydrogens (tertiary/aromatic N) is 2. The molecule has 0 fully saturated rings. The molecule has 1 amide bonds. The average Bonchev–Trinajstić information content (AvgIpc) is 2.77. The van der Waals surface area contributed by atoms with Gasteiger partial charge in [-0.2, -0.15) is 5.10 Å². The van der Waals surface area contributed by atoms with E-state index in [4.69, 9.17) is 6.42 Å². The highest BCUT2D eigenvalue weighted by molar-refractivity contribution is 5.89. The number of hydrogen-bond donors (Lipinski definition) is 1. The van der Waals surface area contributed by atoms with Gasteiger partial charge in [0.1, 0.15) is 5.82 Å². The van der Waals surface area contributed by atoms with Crippen LogP contribution in [0, 0.1) is 19.3 Å². The molecule has 1 rings (SSSR count). The number of aryl methyl sites for hydroxylation is 1. The van der Waals surface area contributed by atoms with E-state index in [1.165, 1.54) is 0 Å². The first-order valence-electron chi connectivity index (χ1n) is 7.41. The van der Waals surface area contributed by atoms with Crippen LogP contribution >= 0.6 is 0 Å². The molecule has 0 aliphatic heterocycles. The molecule has 4 nitrogen and oxygen atoms in total. The summed E-state index contributed by atoms with van der Waals surface area (Å²) in [6.45, 7) is 6.22. The molecule has 0 unspecified atom stereocenters. The van der Waals surface area contributed by atoms with Crippen molar-refractivity contribution >= 4 is 11.7 Å². The predicted molar refractivity (Wildman–Crippen MR) is 82.5 cm³/mol. The number of unbranched alkanes of at least 4 members (excludes halogenated alkanes) is 2. The van der Waals surface area contributed by atoms with Gasteiger partial charge in [-0.25, -0.2) is 4.68 Å². The fraction of sp³-hybridized carbons (Fsp3) is 0.625. The van der Waals surface area contributed by atoms with Crippen LogP contribution in [-0.4, -0.2) is 15.7 Å². The van der Waals surface area contributed by atoms with Gasteiger partial charge in [0.15, 0.2) is 0 Å². The molecule has 20 heavy (non-hydrogen) atoms. The second kappa shape index (κ2) is 8.42. The molecule has 0 bridgehead atoms. The van der Waals surface area contributed by atoms with Crippen molar-refractivity contribution in [3.63, 3.8) is 0 Å². The van der Waals surface area contributed by atoms with Crippen molar-refractivity contribution < 1.29 is 4.79 Å². The van der Waals surface area contributed by atoms with Gasteiger partial charge in [0.25, 0.3) is 0 Å². The van der Waals surface area contributed by atoms with Gasteiger partial charge in [-0.15, -0.1) is 12.3 Å². The summed E-state index contributed by atoms with van der Waals surface area (Å²) in [5.41, 5.74) is 0.930. The van der Waals surface area contributed by atoms with Crippen LogP contribution in [0.15, 0.2) is 6.07 Å². The third kappa shape index (κ3) is 4.73. The molecule has 1 heterocycles. The second-order valence-electron chi connectivity index (χ2n) is 5.05. The molecule has 110 valence electrons. The molecule has 1 aromatic rings. The highest BCUT2D eigenvalue weighted by atomic mass is 16.1. The molecule has 0 aliphatic rings. The average molecular weight is 275 g/mol. The Labute approximate surface area is 121 Å². The van der Waals surface area contributed by atoms with Crippen molar-refractivity contribution in [3.05, 3.63) is 11.8 Å². The minimum Gasteiger partial charge on any atom is -0.311 e. The van der Waals surface area contributed by atoms with E-state index in [0.717, 1.165) is 43.6 Å². The fourth-order valence-electron chi connectivity index (χ4n) is 2.24. The molecule has 0 saturated carbocycles. The van der Waals surface area contributed by atoms with Gasteiger partial charge in [0.05, 0.1) is 11.7 Å². The number of aromatic nitrogens is 2. The van der Waals surface area contributed by atoms with E-state index in [-0.39, 0.29) is 5.91 Å². The molecule has 0 aromatic carbocycles. The Morgan fingerprint density at radius 1 is 1.45 bits per heavy atom. The van der Waals surface area contributed by atoms with Crippen molar-refractivity contribution in [1.29, 1.82) is 0 Å². The van der Waals surface area contributed by atoms with Gasteiger partial charge >= 0.3 is 0 Å². The van der Waals surface area contributed by atoms with Crippen LogP contribution in [0.5, 0.6) is 0 Å². The van der Waals surface area contributed by atoms with E-state index in [0.29, 0.717) is 12.5 Å². The van der Waals surface area contributed by atoms with Crippen molar-refractivity contribution in [2.24, 2.45) is 0 Å². The van der Waals surface area contributed by atoms with Gasteiger partial charge in [0, 0.05) is 18.9 Å². The number of carbonyl (C=O) groups excluding carboxylic acids is 1. The normalized spacial score (nSPS) is 10.6. The maximum atomic E-state index is 11.9. The molecule has 0 atom stereocenters. The summed E-state index contributed by atoms with van der Waals surface area (Å²) in [6.07, 6.45) is 10.2. The quantitative estimate of drug-likeness (QED) is 0.581. The fourth-order valence-corrected chi connectivity index (χ4v) is 2.24. The third-order valence-electron chi connectivity index (χ3n) is 3.39. The smallest absolute Gasteiger partial charge is 0.225 e. The number of hydrogen-bond acceptors (Lipinski definition) is 2. The Morgan fingerprint density at radius 3 is 2.75 bits per heavy atom. The Balaban J connectivity index is 2.63. The van der Waals surface area contributed by atoms with Crippen LogP contribution in [0.1, 0.15) is 64.1 Å². The predicted octanol–water partition coefficient (Wildman–Crippen LogP) is 3.68. The van der Waals surface area contributed by atoms with Crippen LogP contribution in [0.2, 0.25) is 0 Å². The molecule has 0 saturated heterocycles. The highest BCUT2D eigenvalue weighted by Gasteiger charge is 2.14. The van der Waals surface area contributed by atoms with Crippen molar-refractivity contribution in [2.75, 3.05) is 5.32 Å². The molecule has 0 radical (unpaired) electrons. The zero-order valence-electron chi connectivity index (χ0n) is 12.8. The van der Waals surface area contributed by atoms with Crippen molar-refractivity contribution in [3.8, 4) is 12.3 Å². The monoisotopic (exact) mass is 275 g/mol. The number of carbonyl (C=O) groups is 1. The molecule has 0 aliphatic carbocycles. The van der Waals surface area contributed by atoms with Crippen LogP contribution < -0.4 is 5.32 Å². The summed E-state index contributed by atoms with van der Waals surface area (Å²) < 4.78 is 1.94. The summed E-state index contributed by atoms with van der Waals surface area (Å²) in [5, 5.41) is 7.46. The summed E-state index contributed by atoms with van der Waals surface area (Å²) in [5.74, 6) is 3.43. The molecule has 1 N–H and O–H groups in total. The van der Waals surface area contributed by atoms with E-state index in [9.17, 15) is 4.79 Å². The lowest BCUT2D eigenvalue weighted by Crippen LogP contribution is -2.18. The molecule has 1 aromatic heterocycles. The molecular formula is C16H25N3O. The summed E-state index contributed by atoms with van der Waals surface area (Å²) in [6, 6.07) is 2.26. The van der Waals surface area contributed by atoms with E-state index in [1.54, 1.807) is 0 Å². The first kappa shape index (κ1) is 16.3. The van der Waals surface area contributed by atoms with Crippen LogP contribution in [0.4, 0.5) is 5.82 Å². The lowest BCUT2D eigenvalue weighted by Gasteiger charge is -2.17. The zero-order chi connectivity index (χ0) is 15.0. The molecule has 4 heteroatoms. The van der Waals surface area contributed by atoms with Gasteiger partial charge < -0.3 is 5.32 Å². The van der Waals surface area contributed by atoms with E-state index < -0.39 is 0 Å². The Bertz CT molecular complexity index is 467. The number of amides is 1. The number of terminal acetylenes is 1. The van der Waals surface area contributed by atoms with Crippen molar-refractivity contribution in [1.82, 2.24) is 9.78 Å². The largest absolute Gasteiger partial charge is 0.311 e. The molecule has 0 spiro atoms. The number of rotatable bonds is 8. The maximum absolute atomic E-state index is 11.9. The van der Waals surface area contributed by atoms with E-state index >= 15 is 0 Å². The lowest BCUT2D eigenvalue weighted by atomic mass is 10.2. The van der Waals surface area contributed by atoms with Gasteiger partial charge in [-0.1, -0.05) is 13.8 Å². The SMILES string of the molecule is C#CCCCCC(=O)Nc1cc(C)nn1C(CC)CC. The summed E-state index contributed by atoms with van der Waals surface area (Å²) in [7, 11) is 0. The Hall–Kier alpha value is -1.76. The van der Waals surface area contributed by atoms with Gasteiger partial charge in [0.2, 0.25) is 5.91 Å². The number of nitrogens with one attached hydrogen (secondary N) is 1. The minimum atomic E-state index is 0.0362. The Morgan fingerprint density at radius 2 is 2.15 bits per heavy atom. The van der Waals surface area contributed by atoms with E-state index in [1.807, 2.05) is 17.7 Å². The van der Waals surface area contributed by atoms with E-state index in [2.05, 4.69) is 30.2 Å². The third-order valence-corrected chi connectivity index (χ3v) is 3.39. The highest BCUT2D eigenvalue weighted by Crippen LogP contribution is 2.22. The van der Waals surface area contributed by atoms with Crippen LogP contribution in [0.3, 0.4) is 0 Å². The zero-order valence-corrected chi connectivity index (χ0v) is 12.8. The van der Waals surface area contributed by atoms with Crippen molar-refractivity contribution in [2.45, 2.75) is 65.3 Å². The topological polar surface area (TPSA) is 46.9 Å². The standard InChI is InChI=1S/C16H25N3O/c1-5-8-9-10-11-16(20)17-15-12-13(4)18-19(15)14(6-2)7-3/h1,12,14H,6-11H2,2-4H3,(H,17,20). The second-order valence-corrected chi connectivity index (χ2v) is 5.05. The maximum Gasteiger partial charge on any atom is 0.225 e. The summed E-state index contributed by atoms with van der Waals surface area (Å²) >= 11 is 0. The Kier molecular flexibility index (Phi) is 6.86. The number of anilines is 1. The minimum absolute atomic E-state index is 0.0362. The lowest BCUT2D eigenvalue weighted by molar-refractivity contribution is -0.116. The van der Waals surface area contributed by atoms with Crippen LogP contribution in [-0.2, 0) is 4.79 Å². The molecular weight excluding hydrogens is 250 g/mol. The van der Waals surface area contributed by atoms with Gasteiger partial charge in [-0.05, 0) is 32.6 Å².